The van der Waals surface area contributed by atoms with Crippen molar-refractivity contribution in [2.45, 2.75) is 64.0 Å². The van der Waals surface area contributed by atoms with Crippen molar-refractivity contribution in [3.05, 3.63) is 29.8 Å². The number of aliphatic carboxylic acids is 1. The number of nitrogens with one attached hydrogen (secondary N) is 1. The van der Waals surface area contributed by atoms with Gasteiger partial charge in [-0.05, 0) is 63.1 Å². The van der Waals surface area contributed by atoms with Gasteiger partial charge in [0, 0.05) is 12.5 Å². The standard InChI is InChI=1S/C18H27NO5S/c1-14(19-25(22,23)12-5-4-11-18(20)21)15-7-6-10-17(13-15)24-16-8-2-3-9-16/h6-7,10,13-14,16,19H,2-5,8-9,11-12H2,1H3,(H,20,21)/t14-/m1/s1. The van der Waals surface area contributed by atoms with Crippen molar-refractivity contribution in [1.82, 2.24) is 4.72 Å². The number of carboxylic acid groups (broad SMARTS) is 1. The molecule has 0 amide bonds. The number of rotatable bonds is 10. The number of ether oxygens (including phenoxy) is 1. The van der Waals surface area contributed by atoms with Crippen LogP contribution in [-0.2, 0) is 14.8 Å². The third-order valence-electron chi connectivity index (χ3n) is 4.37. The number of unbranched alkanes of at least 4 members (excludes halogenated alkanes) is 1. The van der Waals surface area contributed by atoms with Crippen LogP contribution in [0.15, 0.2) is 24.3 Å². The third-order valence-corrected chi connectivity index (χ3v) is 5.91. The first-order valence-corrected chi connectivity index (χ1v) is 10.5. The van der Waals surface area contributed by atoms with E-state index in [1.54, 1.807) is 6.92 Å². The van der Waals surface area contributed by atoms with Gasteiger partial charge in [0.25, 0.3) is 0 Å². The van der Waals surface area contributed by atoms with Gasteiger partial charge in [-0.3, -0.25) is 4.79 Å². The van der Waals surface area contributed by atoms with Crippen molar-refractivity contribution in [2.75, 3.05) is 5.75 Å². The lowest BCUT2D eigenvalue weighted by Crippen LogP contribution is -2.29. The van der Waals surface area contributed by atoms with Crippen molar-refractivity contribution in [3.63, 3.8) is 0 Å². The van der Waals surface area contributed by atoms with Gasteiger partial charge < -0.3 is 9.84 Å². The summed E-state index contributed by atoms with van der Waals surface area (Å²) in [7, 11) is -3.45. The predicted octanol–water partition coefficient (Wildman–Crippen LogP) is 3.24. The van der Waals surface area contributed by atoms with Gasteiger partial charge in [0.2, 0.25) is 10.0 Å². The van der Waals surface area contributed by atoms with E-state index in [0.29, 0.717) is 12.8 Å². The second-order valence-corrected chi connectivity index (χ2v) is 8.48. The Morgan fingerprint density at radius 2 is 2.04 bits per heavy atom. The highest BCUT2D eigenvalue weighted by Crippen LogP contribution is 2.26. The molecular weight excluding hydrogens is 342 g/mol. The molecule has 1 saturated carbocycles. The molecule has 7 heteroatoms. The molecule has 1 aromatic rings. The van der Waals surface area contributed by atoms with Crippen LogP contribution in [0.3, 0.4) is 0 Å². The van der Waals surface area contributed by atoms with E-state index < -0.39 is 16.0 Å². The Labute approximate surface area is 149 Å². The Balaban J connectivity index is 1.88. The van der Waals surface area contributed by atoms with E-state index in [9.17, 15) is 13.2 Å². The molecule has 140 valence electrons. The van der Waals surface area contributed by atoms with Gasteiger partial charge in [-0.15, -0.1) is 0 Å². The fourth-order valence-corrected chi connectivity index (χ4v) is 4.40. The van der Waals surface area contributed by atoms with Gasteiger partial charge in [-0.25, -0.2) is 13.1 Å². The molecule has 0 spiro atoms. The van der Waals surface area contributed by atoms with Crippen LogP contribution in [-0.4, -0.2) is 31.4 Å². The number of sulfonamides is 1. The predicted molar refractivity (Wildman–Crippen MR) is 96.2 cm³/mol. The highest BCUT2D eigenvalue weighted by Gasteiger charge is 2.18. The molecule has 2 rings (SSSR count). The quantitative estimate of drug-likeness (QED) is 0.618. The Kier molecular flexibility index (Phi) is 7.25. The Bertz CT molecular complexity index is 668. The monoisotopic (exact) mass is 369 g/mol. The summed E-state index contributed by atoms with van der Waals surface area (Å²) in [5, 5.41) is 8.59. The summed E-state index contributed by atoms with van der Waals surface area (Å²) in [4.78, 5) is 10.5. The fourth-order valence-electron chi connectivity index (χ4n) is 3.02. The molecule has 0 heterocycles. The van der Waals surface area contributed by atoms with Gasteiger partial charge in [-0.1, -0.05) is 12.1 Å². The normalized spacial score (nSPS) is 16.7. The van der Waals surface area contributed by atoms with E-state index >= 15 is 0 Å². The van der Waals surface area contributed by atoms with Crippen LogP contribution in [0, 0.1) is 0 Å². The van der Waals surface area contributed by atoms with Crippen molar-refractivity contribution >= 4 is 16.0 Å². The number of hydrogen-bond donors (Lipinski definition) is 2. The van der Waals surface area contributed by atoms with Gasteiger partial charge >= 0.3 is 5.97 Å². The number of carbonyl (C=O) groups is 1. The van der Waals surface area contributed by atoms with E-state index in [4.69, 9.17) is 9.84 Å². The Morgan fingerprint density at radius 1 is 1.32 bits per heavy atom. The number of hydrogen-bond acceptors (Lipinski definition) is 4. The molecule has 25 heavy (non-hydrogen) atoms. The maximum Gasteiger partial charge on any atom is 0.303 e. The second kappa shape index (κ2) is 9.20. The van der Waals surface area contributed by atoms with Crippen LogP contribution >= 0.6 is 0 Å². The summed E-state index contributed by atoms with van der Waals surface area (Å²) in [6, 6.07) is 7.16. The van der Waals surface area contributed by atoms with Gasteiger partial charge in [0.1, 0.15) is 5.75 Å². The van der Waals surface area contributed by atoms with Gasteiger partial charge in [0.15, 0.2) is 0 Å². The first-order chi connectivity index (χ1) is 11.9. The van der Waals surface area contributed by atoms with E-state index in [2.05, 4.69) is 4.72 Å². The lowest BCUT2D eigenvalue weighted by Gasteiger charge is -2.17. The average Bonchev–Trinajstić information content (AvgIpc) is 3.04. The summed E-state index contributed by atoms with van der Waals surface area (Å²) < 4.78 is 32.9. The molecule has 1 aliphatic carbocycles. The van der Waals surface area contributed by atoms with Gasteiger partial charge in [-0.2, -0.15) is 0 Å². The van der Waals surface area contributed by atoms with Crippen molar-refractivity contribution in [3.8, 4) is 5.75 Å². The second-order valence-electron chi connectivity index (χ2n) is 6.61. The molecule has 0 radical (unpaired) electrons. The molecule has 0 bridgehead atoms. The maximum absolute atomic E-state index is 12.1. The molecule has 1 atom stereocenters. The van der Waals surface area contributed by atoms with Crippen molar-refractivity contribution in [1.29, 1.82) is 0 Å². The zero-order valence-corrected chi connectivity index (χ0v) is 15.4. The first kappa shape index (κ1) is 19.7. The largest absolute Gasteiger partial charge is 0.490 e. The topological polar surface area (TPSA) is 92.7 Å². The van der Waals surface area contributed by atoms with Crippen molar-refractivity contribution < 1.29 is 23.1 Å². The van der Waals surface area contributed by atoms with E-state index in [-0.39, 0.29) is 24.3 Å². The highest BCUT2D eigenvalue weighted by atomic mass is 32.2. The molecule has 1 aromatic carbocycles. The molecule has 0 saturated heterocycles. The van der Waals surface area contributed by atoms with E-state index in [0.717, 1.165) is 24.2 Å². The fraction of sp³-hybridized carbons (Fsp3) is 0.611. The lowest BCUT2D eigenvalue weighted by atomic mass is 10.1. The van der Waals surface area contributed by atoms with Crippen LogP contribution in [0.2, 0.25) is 0 Å². The first-order valence-electron chi connectivity index (χ1n) is 8.84. The van der Waals surface area contributed by atoms with Crippen LogP contribution in [0.4, 0.5) is 0 Å². The molecule has 0 unspecified atom stereocenters. The minimum Gasteiger partial charge on any atom is -0.490 e. The molecule has 0 aliphatic heterocycles. The van der Waals surface area contributed by atoms with E-state index in [1.807, 2.05) is 24.3 Å². The maximum atomic E-state index is 12.1. The van der Waals surface area contributed by atoms with Crippen LogP contribution in [0.1, 0.15) is 63.5 Å². The third kappa shape index (κ3) is 7.04. The lowest BCUT2D eigenvalue weighted by molar-refractivity contribution is -0.137. The zero-order chi connectivity index (χ0) is 18.3. The summed E-state index contributed by atoms with van der Waals surface area (Å²) in [5.74, 6) is -0.196. The summed E-state index contributed by atoms with van der Waals surface area (Å²) in [5.41, 5.74) is 0.851. The number of carboxylic acids is 1. The molecule has 2 N–H and O–H groups in total. The molecule has 6 nitrogen and oxygen atoms in total. The number of benzene rings is 1. The Hall–Kier alpha value is -1.60. The van der Waals surface area contributed by atoms with E-state index in [1.165, 1.54) is 12.8 Å². The highest BCUT2D eigenvalue weighted by molar-refractivity contribution is 7.89. The summed E-state index contributed by atoms with van der Waals surface area (Å²) in [6.07, 6.45) is 5.48. The van der Waals surface area contributed by atoms with Gasteiger partial charge in [0.05, 0.1) is 11.9 Å². The molecule has 1 aliphatic rings. The Morgan fingerprint density at radius 3 is 2.72 bits per heavy atom. The van der Waals surface area contributed by atoms with Crippen LogP contribution in [0.5, 0.6) is 5.75 Å². The smallest absolute Gasteiger partial charge is 0.303 e. The van der Waals surface area contributed by atoms with Crippen LogP contribution < -0.4 is 9.46 Å². The minimum atomic E-state index is -3.45. The average molecular weight is 369 g/mol. The molecule has 0 aromatic heterocycles. The van der Waals surface area contributed by atoms with Crippen molar-refractivity contribution in [2.24, 2.45) is 0 Å². The minimum absolute atomic E-state index is 0.00831. The molecular formula is C18H27NO5S. The summed E-state index contributed by atoms with van der Waals surface area (Å²) in [6.45, 7) is 1.80. The SMILES string of the molecule is C[C@@H](NS(=O)(=O)CCCCC(=O)O)c1cccc(OC2CCCC2)c1. The van der Waals surface area contributed by atoms with Crippen LogP contribution in [0.25, 0.3) is 0 Å². The zero-order valence-electron chi connectivity index (χ0n) is 14.6. The molecule has 1 fully saturated rings. The summed E-state index contributed by atoms with van der Waals surface area (Å²) >= 11 is 0.